The molecule has 0 bridgehead atoms. The number of esters is 1. The van der Waals surface area contributed by atoms with E-state index in [9.17, 15) is 22.8 Å². The summed E-state index contributed by atoms with van der Waals surface area (Å²) in [6.07, 6.45) is 0.390. The number of rotatable bonds is 9. The maximum absolute atomic E-state index is 12.6. The summed E-state index contributed by atoms with van der Waals surface area (Å²) in [4.78, 5) is 37.0. The first-order valence-electron chi connectivity index (χ1n) is 9.25. The van der Waals surface area contributed by atoms with Crippen molar-refractivity contribution in [1.82, 2.24) is 4.90 Å². The second-order valence-corrected chi connectivity index (χ2v) is 9.58. The fraction of sp³-hybridized carbons (Fsp3) is 0.526. The SMILES string of the molecule is CC(C)CN(C(=O)COC(=O)c1ccc(OCC(N)=O)cc1)[C@@H]1CCS(=O)(=O)C1. The Labute approximate surface area is 170 Å². The van der Waals surface area contributed by atoms with Crippen molar-refractivity contribution in [2.24, 2.45) is 11.7 Å². The Morgan fingerprint density at radius 2 is 1.83 bits per heavy atom. The molecule has 2 amide bonds. The first kappa shape index (κ1) is 22.7. The molecule has 10 heteroatoms. The molecule has 1 aromatic carbocycles. The molecule has 1 aromatic rings. The number of primary amides is 1. The number of hydrogen-bond acceptors (Lipinski definition) is 7. The first-order chi connectivity index (χ1) is 13.6. The lowest BCUT2D eigenvalue weighted by molar-refractivity contribution is -0.137. The van der Waals surface area contributed by atoms with Gasteiger partial charge < -0.3 is 20.1 Å². The smallest absolute Gasteiger partial charge is 0.338 e. The number of sulfone groups is 1. The lowest BCUT2D eigenvalue weighted by atomic mass is 10.1. The number of benzene rings is 1. The molecule has 0 spiro atoms. The summed E-state index contributed by atoms with van der Waals surface area (Å²) in [6, 6.07) is 5.46. The molecule has 1 saturated heterocycles. The van der Waals surface area contributed by atoms with E-state index >= 15 is 0 Å². The van der Waals surface area contributed by atoms with Crippen LogP contribution in [-0.4, -0.2) is 68.4 Å². The Hall–Kier alpha value is -2.62. The van der Waals surface area contributed by atoms with Crippen molar-refractivity contribution in [2.75, 3.05) is 31.3 Å². The van der Waals surface area contributed by atoms with Gasteiger partial charge in [-0.1, -0.05) is 13.8 Å². The van der Waals surface area contributed by atoms with Crippen molar-refractivity contribution in [3.8, 4) is 5.75 Å². The molecule has 0 unspecified atom stereocenters. The monoisotopic (exact) mass is 426 g/mol. The zero-order chi connectivity index (χ0) is 21.6. The normalized spacial score (nSPS) is 17.7. The van der Waals surface area contributed by atoms with Gasteiger partial charge in [-0.3, -0.25) is 9.59 Å². The van der Waals surface area contributed by atoms with Gasteiger partial charge in [0.1, 0.15) is 5.75 Å². The third kappa shape index (κ3) is 7.04. The summed E-state index contributed by atoms with van der Waals surface area (Å²) in [6.45, 7) is 3.50. The summed E-state index contributed by atoms with van der Waals surface area (Å²) in [5.41, 5.74) is 5.20. The molecule has 1 aliphatic rings. The second-order valence-electron chi connectivity index (χ2n) is 7.35. The van der Waals surface area contributed by atoms with E-state index in [1.807, 2.05) is 13.8 Å². The van der Waals surface area contributed by atoms with Crippen molar-refractivity contribution < 1.29 is 32.3 Å². The van der Waals surface area contributed by atoms with Gasteiger partial charge in [-0.15, -0.1) is 0 Å². The molecule has 1 aliphatic heterocycles. The van der Waals surface area contributed by atoms with Gasteiger partial charge >= 0.3 is 5.97 Å². The third-order valence-corrected chi connectivity index (χ3v) is 6.08. The predicted molar refractivity (Wildman–Crippen MR) is 105 cm³/mol. The Bertz CT molecular complexity index is 850. The highest BCUT2D eigenvalue weighted by Crippen LogP contribution is 2.19. The Morgan fingerprint density at radius 3 is 2.34 bits per heavy atom. The number of ether oxygens (including phenoxy) is 2. The fourth-order valence-corrected chi connectivity index (χ4v) is 4.74. The minimum Gasteiger partial charge on any atom is -0.484 e. The lowest BCUT2D eigenvalue weighted by Gasteiger charge is -2.29. The molecule has 2 N–H and O–H groups in total. The fourth-order valence-electron chi connectivity index (χ4n) is 3.00. The van der Waals surface area contributed by atoms with E-state index in [2.05, 4.69) is 0 Å². The van der Waals surface area contributed by atoms with Crippen LogP contribution < -0.4 is 10.5 Å². The van der Waals surface area contributed by atoms with Crippen LogP contribution in [0.15, 0.2) is 24.3 Å². The van der Waals surface area contributed by atoms with E-state index in [1.165, 1.54) is 29.2 Å². The molecule has 1 atom stereocenters. The maximum atomic E-state index is 12.6. The zero-order valence-electron chi connectivity index (χ0n) is 16.5. The van der Waals surface area contributed by atoms with Crippen LogP contribution in [0.4, 0.5) is 0 Å². The quantitative estimate of drug-likeness (QED) is 0.564. The molecule has 0 radical (unpaired) electrons. The van der Waals surface area contributed by atoms with E-state index in [4.69, 9.17) is 15.2 Å². The van der Waals surface area contributed by atoms with Crippen LogP contribution in [-0.2, 0) is 24.2 Å². The average Bonchev–Trinajstić information content (AvgIpc) is 3.02. The molecule has 29 heavy (non-hydrogen) atoms. The van der Waals surface area contributed by atoms with E-state index < -0.39 is 40.3 Å². The number of hydrogen-bond donors (Lipinski definition) is 1. The first-order valence-corrected chi connectivity index (χ1v) is 11.1. The Morgan fingerprint density at radius 1 is 1.17 bits per heavy atom. The van der Waals surface area contributed by atoms with Crippen LogP contribution in [0.5, 0.6) is 5.75 Å². The third-order valence-electron chi connectivity index (χ3n) is 4.33. The Balaban J connectivity index is 1.94. The summed E-state index contributed by atoms with van der Waals surface area (Å²) in [5, 5.41) is 0. The molecular weight excluding hydrogens is 400 g/mol. The van der Waals surface area contributed by atoms with Crippen molar-refractivity contribution in [3.05, 3.63) is 29.8 Å². The number of nitrogens with two attached hydrogens (primary N) is 1. The summed E-state index contributed by atoms with van der Waals surface area (Å²) >= 11 is 0. The number of carbonyl (C=O) groups is 3. The van der Waals surface area contributed by atoms with Gasteiger partial charge in [-0.25, -0.2) is 13.2 Å². The summed E-state index contributed by atoms with van der Waals surface area (Å²) in [7, 11) is -3.14. The summed E-state index contributed by atoms with van der Waals surface area (Å²) < 4.78 is 33.7. The predicted octanol–water partition coefficient (Wildman–Crippen LogP) is 0.379. The van der Waals surface area contributed by atoms with E-state index in [1.54, 1.807) is 0 Å². The van der Waals surface area contributed by atoms with Gasteiger partial charge in [0.25, 0.3) is 11.8 Å². The highest BCUT2D eigenvalue weighted by molar-refractivity contribution is 7.91. The van der Waals surface area contributed by atoms with Crippen LogP contribution >= 0.6 is 0 Å². The minimum atomic E-state index is -3.14. The van der Waals surface area contributed by atoms with Gasteiger partial charge in [0.2, 0.25) is 0 Å². The van der Waals surface area contributed by atoms with Crippen LogP contribution in [0.3, 0.4) is 0 Å². The van der Waals surface area contributed by atoms with Crippen LogP contribution in [0, 0.1) is 5.92 Å². The van der Waals surface area contributed by atoms with Crippen molar-refractivity contribution in [3.63, 3.8) is 0 Å². The van der Waals surface area contributed by atoms with Crippen LogP contribution in [0.2, 0.25) is 0 Å². The molecule has 0 aliphatic carbocycles. The molecule has 9 nitrogen and oxygen atoms in total. The minimum absolute atomic E-state index is 0.0590. The number of nitrogens with zero attached hydrogens (tertiary/aromatic N) is 1. The molecular formula is C19H26N2O7S. The van der Waals surface area contributed by atoms with Crippen LogP contribution in [0.25, 0.3) is 0 Å². The van der Waals surface area contributed by atoms with E-state index in [0.717, 1.165) is 0 Å². The largest absolute Gasteiger partial charge is 0.484 e. The number of carbonyl (C=O) groups excluding carboxylic acids is 3. The molecule has 160 valence electrons. The molecule has 1 fully saturated rings. The lowest BCUT2D eigenvalue weighted by Crippen LogP contribution is -2.45. The van der Waals surface area contributed by atoms with Gasteiger partial charge in [-0.2, -0.15) is 0 Å². The van der Waals surface area contributed by atoms with Crippen molar-refractivity contribution >= 4 is 27.6 Å². The topological polar surface area (TPSA) is 133 Å². The second kappa shape index (κ2) is 9.73. The Kier molecular flexibility index (Phi) is 7.60. The number of amides is 2. The molecule has 0 saturated carbocycles. The zero-order valence-corrected chi connectivity index (χ0v) is 17.3. The van der Waals surface area contributed by atoms with Crippen LogP contribution in [0.1, 0.15) is 30.6 Å². The highest BCUT2D eigenvalue weighted by atomic mass is 32.2. The van der Waals surface area contributed by atoms with Gasteiger partial charge in [0, 0.05) is 12.6 Å². The maximum Gasteiger partial charge on any atom is 0.338 e. The molecule has 0 aromatic heterocycles. The highest BCUT2D eigenvalue weighted by Gasteiger charge is 2.35. The van der Waals surface area contributed by atoms with Crippen molar-refractivity contribution in [2.45, 2.75) is 26.3 Å². The summed E-state index contributed by atoms with van der Waals surface area (Å²) in [5.74, 6) is -1.23. The standard InChI is InChI=1S/C19H26N2O7S/c1-13(2)9-21(15-7-8-29(25,26)12-15)18(23)11-28-19(24)14-3-5-16(6-4-14)27-10-17(20)22/h3-6,13,15H,7-12H2,1-2H3,(H2,20,22)/t15-/m1/s1. The van der Waals surface area contributed by atoms with E-state index in [-0.39, 0.29) is 29.6 Å². The molecule has 2 rings (SSSR count). The van der Waals surface area contributed by atoms with Crippen molar-refractivity contribution in [1.29, 1.82) is 0 Å². The van der Waals surface area contributed by atoms with Gasteiger partial charge in [0.15, 0.2) is 23.1 Å². The van der Waals surface area contributed by atoms with Gasteiger partial charge in [-0.05, 0) is 36.6 Å². The molecule has 1 heterocycles. The van der Waals surface area contributed by atoms with Gasteiger partial charge in [0.05, 0.1) is 17.1 Å². The van der Waals surface area contributed by atoms with E-state index in [0.29, 0.717) is 18.7 Å². The average molecular weight is 426 g/mol.